The van der Waals surface area contributed by atoms with Crippen molar-refractivity contribution in [3.05, 3.63) is 0 Å². The molecule has 0 saturated heterocycles. The number of esters is 1. The van der Waals surface area contributed by atoms with Crippen LogP contribution in [-0.4, -0.2) is 40.8 Å². The number of ether oxygens (including phenoxy) is 1. The zero-order valence-electron chi connectivity index (χ0n) is 9.53. The van der Waals surface area contributed by atoms with Crippen molar-refractivity contribution in [2.24, 2.45) is 5.41 Å². The van der Waals surface area contributed by atoms with Crippen LogP contribution in [0.15, 0.2) is 0 Å². The Hall–Kier alpha value is -0.940. The van der Waals surface area contributed by atoms with Crippen LogP contribution in [0.5, 0.6) is 0 Å². The maximum atomic E-state index is 11.6. The van der Waals surface area contributed by atoms with Gasteiger partial charge < -0.3 is 14.9 Å². The fourth-order valence-electron chi connectivity index (χ4n) is 0.921. The highest BCUT2D eigenvalue weighted by Gasteiger charge is 2.45. The number of hydrogen-bond acceptors (Lipinski definition) is 5. The second-order valence-corrected chi connectivity index (χ2v) is 4.46. The molecule has 0 saturated carbocycles. The molecule has 0 radical (unpaired) electrons. The zero-order valence-corrected chi connectivity index (χ0v) is 9.53. The lowest BCUT2D eigenvalue weighted by Crippen LogP contribution is -2.48. The van der Waals surface area contributed by atoms with Gasteiger partial charge in [-0.3, -0.25) is 9.59 Å². The van der Waals surface area contributed by atoms with Crippen molar-refractivity contribution in [3.8, 4) is 0 Å². The van der Waals surface area contributed by atoms with Crippen molar-refractivity contribution < 1.29 is 24.5 Å². The normalized spacial score (nSPS) is 12.4. The van der Waals surface area contributed by atoms with Gasteiger partial charge in [0.25, 0.3) is 0 Å². The van der Waals surface area contributed by atoms with Gasteiger partial charge in [0.1, 0.15) is 5.60 Å². The Balaban J connectivity index is 4.95. The van der Waals surface area contributed by atoms with Crippen LogP contribution < -0.4 is 0 Å². The summed E-state index contributed by atoms with van der Waals surface area (Å²) in [6.07, 6.45) is 0. The van der Waals surface area contributed by atoms with Crippen LogP contribution in [0.1, 0.15) is 27.7 Å². The molecule has 0 spiro atoms. The van der Waals surface area contributed by atoms with Gasteiger partial charge >= 0.3 is 5.97 Å². The summed E-state index contributed by atoms with van der Waals surface area (Å²) in [7, 11) is 0. The fourth-order valence-corrected chi connectivity index (χ4v) is 0.921. The fraction of sp³-hybridized carbons (Fsp3) is 0.800. The van der Waals surface area contributed by atoms with E-state index in [9.17, 15) is 9.59 Å². The van der Waals surface area contributed by atoms with E-state index in [0.717, 1.165) is 6.92 Å². The molecule has 0 aliphatic heterocycles. The summed E-state index contributed by atoms with van der Waals surface area (Å²) in [5.41, 5.74) is -2.60. The van der Waals surface area contributed by atoms with Crippen LogP contribution in [0.2, 0.25) is 0 Å². The number of rotatable bonds is 4. The molecule has 0 aromatic carbocycles. The summed E-state index contributed by atoms with van der Waals surface area (Å²) in [5, 5.41) is 18.1. The van der Waals surface area contributed by atoms with Gasteiger partial charge in [0, 0.05) is 0 Å². The molecule has 0 rings (SSSR count). The van der Waals surface area contributed by atoms with E-state index in [4.69, 9.17) is 14.9 Å². The summed E-state index contributed by atoms with van der Waals surface area (Å²) < 4.78 is 4.97. The first kappa shape index (κ1) is 14.1. The summed E-state index contributed by atoms with van der Waals surface area (Å²) in [6, 6.07) is 0. The van der Waals surface area contributed by atoms with Crippen LogP contribution >= 0.6 is 0 Å². The van der Waals surface area contributed by atoms with E-state index in [1.807, 2.05) is 0 Å². The van der Waals surface area contributed by atoms with E-state index in [-0.39, 0.29) is 0 Å². The maximum Gasteiger partial charge on any atom is 0.324 e. The molecule has 0 bridgehead atoms. The third-order valence-corrected chi connectivity index (χ3v) is 2.00. The average Bonchev–Trinajstić information content (AvgIpc) is 2.03. The third kappa shape index (κ3) is 3.28. The molecule has 0 aromatic rings. The van der Waals surface area contributed by atoms with E-state index >= 15 is 0 Å². The van der Waals surface area contributed by atoms with Crippen molar-refractivity contribution in [3.63, 3.8) is 0 Å². The molecule has 2 N–H and O–H groups in total. The first-order valence-corrected chi connectivity index (χ1v) is 4.66. The lowest BCUT2D eigenvalue weighted by molar-refractivity contribution is -0.175. The Morgan fingerprint density at radius 1 is 1.13 bits per heavy atom. The molecule has 0 fully saturated rings. The predicted molar refractivity (Wildman–Crippen MR) is 53.1 cm³/mol. The molecule has 0 unspecified atom stereocenters. The lowest BCUT2D eigenvalue weighted by atomic mass is 9.85. The highest BCUT2D eigenvalue weighted by atomic mass is 16.6. The monoisotopic (exact) mass is 218 g/mol. The Morgan fingerprint density at radius 3 is 1.73 bits per heavy atom. The van der Waals surface area contributed by atoms with Crippen molar-refractivity contribution >= 4 is 11.8 Å². The average molecular weight is 218 g/mol. The highest BCUT2D eigenvalue weighted by molar-refractivity contribution is 6.03. The van der Waals surface area contributed by atoms with Gasteiger partial charge in [0.2, 0.25) is 0 Å². The van der Waals surface area contributed by atoms with Crippen molar-refractivity contribution in [1.82, 2.24) is 0 Å². The predicted octanol–water partition coefficient (Wildman–Crippen LogP) is -0.112. The van der Waals surface area contributed by atoms with Gasteiger partial charge in [0.05, 0.1) is 13.2 Å². The molecule has 15 heavy (non-hydrogen) atoms. The number of aliphatic hydroxyl groups excluding tert-OH is 2. The van der Waals surface area contributed by atoms with Gasteiger partial charge in [-0.25, -0.2) is 0 Å². The zero-order chi connectivity index (χ0) is 12.3. The smallest absolute Gasteiger partial charge is 0.324 e. The van der Waals surface area contributed by atoms with E-state index in [1.165, 1.54) is 0 Å². The first-order valence-electron chi connectivity index (χ1n) is 4.66. The lowest BCUT2D eigenvalue weighted by Gasteiger charge is -2.29. The van der Waals surface area contributed by atoms with E-state index < -0.39 is 36.0 Å². The van der Waals surface area contributed by atoms with Gasteiger partial charge in [0.15, 0.2) is 11.2 Å². The van der Waals surface area contributed by atoms with Crippen molar-refractivity contribution in [2.75, 3.05) is 13.2 Å². The van der Waals surface area contributed by atoms with E-state index in [0.29, 0.717) is 0 Å². The largest absolute Gasteiger partial charge is 0.459 e. The number of carbonyl (C=O) groups excluding carboxylic acids is 2. The van der Waals surface area contributed by atoms with Gasteiger partial charge in [-0.15, -0.1) is 0 Å². The second kappa shape index (κ2) is 4.72. The molecule has 0 aromatic heterocycles. The van der Waals surface area contributed by atoms with Gasteiger partial charge in [-0.2, -0.15) is 0 Å². The minimum absolute atomic E-state index is 0.609. The standard InChI is InChI=1S/C10H18O5/c1-7(13)10(5-11,6-12)8(14)15-9(2,3)4/h11-12H,5-6H2,1-4H3. The van der Waals surface area contributed by atoms with Crippen LogP contribution in [0, 0.1) is 5.41 Å². The molecule has 0 aliphatic carbocycles. The Labute approximate surface area is 89.0 Å². The summed E-state index contributed by atoms with van der Waals surface area (Å²) in [5.74, 6) is -1.51. The van der Waals surface area contributed by atoms with Crippen molar-refractivity contribution in [1.29, 1.82) is 0 Å². The number of Topliss-reactive ketones (excluding diaryl/α,β-unsaturated/α-hetero) is 1. The number of carbonyl (C=O) groups is 2. The third-order valence-electron chi connectivity index (χ3n) is 2.00. The van der Waals surface area contributed by atoms with Gasteiger partial charge in [-0.1, -0.05) is 0 Å². The SMILES string of the molecule is CC(=O)C(CO)(CO)C(=O)OC(C)(C)C. The van der Waals surface area contributed by atoms with Crippen LogP contribution in [0.3, 0.4) is 0 Å². The molecule has 0 atom stereocenters. The summed E-state index contributed by atoms with van der Waals surface area (Å²) in [4.78, 5) is 22.9. The number of aliphatic hydroxyl groups is 2. The molecule has 5 heteroatoms. The molecular formula is C10H18O5. The Kier molecular flexibility index (Phi) is 4.42. The van der Waals surface area contributed by atoms with Crippen LogP contribution in [-0.2, 0) is 14.3 Å². The molecule has 0 heterocycles. The van der Waals surface area contributed by atoms with E-state index in [2.05, 4.69) is 0 Å². The minimum atomic E-state index is -1.84. The molecule has 5 nitrogen and oxygen atoms in total. The molecule has 0 aliphatic rings. The molecule has 88 valence electrons. The second-order valence-electron chi connectivity index (χ2n) is 4.46. The summed E-state index contributed by atoms with van der Waals surface area (Å²) in [6.45, 7) is 4.55. The maximum absolute atomic E-state index is 11.6. The minimum Gasteiger partial charge on any atom is -0.459 e. The quantitative estimate of drug-likeness (QED) is 0.508. The van der Waals surface area contributed by atoms with E-state index in [1.54, 1.807) is 20.8 Å². The summed E-state index contributed by atoms with van der Waals surface area (Å²) >= 11 is 0. The number of hydrogen-bond donors (Lipinski definition) is 2. The molecular weight excluding hydrogens is 200 g/mol. The Bertz CT molecular complexity index is 247. The highest BCUT2D eigenvalue weighted by Crippen LogP contribution is 2.22. The Morgan fingerprint density at radius 2 is 1.53 bits per heavy atom. The topological polar surface area (TPSA) is 83.8 Å². The van der Waals surface area contributed by atoms with Crippen LogP contribution in [0.25, 0.3) is 0 Å². The van der Waals surface area contributed by atoms with Gasteiger partial charge in [-0.05, 0) is 27.7 Å². The number of ketones is 1. The molecule has 0 amide bonds. The van der Waals surface area contributed by atoms with Crippen LogP contribution in [0.4, 0.5) is 0 Å². The van der Waals surface area contributed by atoms with Crippen molar-refractivity contribution in [2.45, 2.75) is 33.3 Å². The first-order chi connectivity index (χ1) is 6.69.